The number of phenols is 1. The molecule has 0 aliphatic rings. The zero-order chi connectivity index (χ0) is 17.2. The first-order chi connectivity index (χ1) is 12.2. The van der Waals surface area contributed by atoms with Crippen molar-refractivity contribution in [3.05, 3.63) is 66.0 Å². The second-order valence-electron chi connectivity index (χ2n) is 5.28. The molecule has 0 aliphatic carbocycles. The molecule has 2 N–H and O–H groups in total. The Morgan fingerprint density at radius 2 is 1.84 bits per heavy atom. The van der Waals surface area contributed by atoms with Crippen LogP contribution in [-0.4, -0.2) is 30.8 Å². The van der Waals surface area contributed by atoms with Gasteiger partial charge >= 0.3 is 0 Å². The van der Waals surface area contributed by atoms with Crippen LogP contribution in [-0.2, 0) is 6.54 Å². The largest absolute Gasteiger partial charge is 0.507 e. The second-order valence-corrected chi connectivity index (χ2v) is 6.24. The lowest BCUT2D eigenvalue weighted by molar-refractivity contribution is 0.0947. The van der Waals surface area contributed by atoms with Crippen molar-refractivity contribution in [2.75, 3.05) is 0 Å². The van der Waals surface area contributed by atoms with Gasteiger partial charge in [-0.25, -0.2) is 0 Å². The number of phenolic OH excluding ortho intramolecular Hbond substituents is 1. The van der Waals surface area contributed by atoms with E-state index in [0.717, 1.165) is 10.6 Å². The van der Waals surface area contributed by atoms with Crippen LogP contribution in [0.5, 0.6) is 5.75 Å². The van der Waals surface area contributed by atoms with E-state index in [2.05, 4.69) is 20.6 Å². The summed E-state index contributed by atoms with van der Waals surface area (Å²) in [6.45, 7) is 0.159. The van der Waals surface area contributed by atoms with E-state index >= 15 is 0 Å². The fourth-order valence-electron chi connectivity index (χ4n) is 2.39. The summed E-state index contributed by atoms with van der Waals surface area (Å²) in [5, 5.41) is 26.0. The summed E-state index contributed by atoms with van der Waals surface area (Å²) in [5.74, 6) is 0.0805. The van der Waals surface area contributed by atoms with E-state index < -0.39 is 0 Å². The Morgan fingerprint density at radius 1 is 1.08 bits per heavy atom. The van der Waals surface area contributed by atoms with Crippen LogP contribution in [0.1, 0.15) is 16.2 Å². The predicted molar refractivity (Wildman–Crippen MR) is 93.4 cm³/mol. The van der Waals surface area contributed by atoms with E-state index in [4.69, 9.17) is 0 Å². The minimum Gasteiger partial charge on any atom is -0.507 e. The van der Waals surface area contributed by atoms with E-state index in [1.165, 1.54) is 17.4 Å². The van der Waals surface area contributed by atoms with Gasteiger partial charge in [0.2, 0.25) is 4.96 Å². The number of carbonyl (C=O) groups excluding carboxylic acids is 1. The van der Waals surface area contributed by atoms with Gasteiger partial charge in [0.05, 0.1) is 12.1 Å². The lowest BCUT2D eigenvalue weighted by Crippen LogP contribution is -2.24. The lowest BCUT2D eigenvalue weighted by Gasteiger charge is -2.04. The summed E-state index contributed by atoms with van der Waals surface area (Å²) in [7, 11) is 0. The Balaban J connectivity index is 1.55. The summed E-state index contributed by atoms with van der Waals surface area (Å²) in [4.78, 5) is 12.8. The van der Waals surface area contributed by atoms with Gasteiger partial charge in [0.1, 0.15) is 10.8 Å². The molecule has 0 aliphatic heterocycles. The Bertz CT molecular complexity index is 1040. The molecule has 7 nitrogen and oxygen atoms in total. The number of amides is 1. The number of para-hydroxylation sites is 1. The number of fused-ring (bicyclic) bond motifs is 1. The first-order valence-corrected chi connectivity index (χ1v) is 8.37. The third kappa shape index (κ3) is 2.94. The number of aromatic nitrogens is 4. The fraction of sp³-hybridized carbons (Fsp3) is 0.0588. The van der Waals surface area contributed by atoms with Crippen LogP contribution in [0, 0.1) is 0 Å². The van der Waals surface area contributed by atoms with Crippen LogP contribution in [0.25, 0.3) is 15.5 Å². The number of hydrogen-bond donors (Lipinski definition) is 2. The minimum absolute atomic E-state index is 0.0635. The normalized spacial score (nSPS) is 10.9. The van der Waals surface area contributed by atoms with Crippen LogP contribution < -0.4 is 5.32 Å². The molecule has 0 radical (unpaired) electrons. The number of hydrogen-bond acceptors (Lipinski definition) is 6. The monoisotopic (exact) mass is 351 g/mol. The van der Waals surface area contributed by atoms with Crippen molar-refractivity contribution in [2.24, 2.45) is 0 Å². The van der Waals surface area contributed by atoms with E-state index in [1.54, 1.807) is 22.7 Å². The molecule has 2 aromatic carbocycles. The molecule has 0 saturated carbocycles. The van der Waals surface area contributed by atoms with Gasteiger partial charge in [-0.05, 0) is 12.1 Å². The van der Waals surface area contributed by atoms with Gasteiger partial charge in [-0.1, -0.05) is 53.8 Å². The third-order valence-corrected chi connectivity index (χ3v) is 4.58. The molecule has 0 bridgehead atoms. The van der Waals surface area contributed by atoms with E-state index in [9.17, 15) is 9.90 Å². The molecule has 2 heterocycles. The highest BCUT2D eigenvalue weighted by molar-refractivity contribution is 7.19. The van der Waals surface area contributed by atoms with Crippen molar-refractivity contribution >= 4 is 22.2 Å². The van der Waals surface area contributed by atoms with Gasteiger partial charge in [-0.15, -0.1) is 10.2 Å². The molecule has 2 aromatic heterocycles. The summed E-state index contributed by atoms with van der Waals surface area (Å²) < 4.78 is 1.62. The zero-order valence-electron chi connectivity index (χ0n) is 13.0. The first-order valence-electron chi connectivity index (χ1n) is 7.55. The molecule has 8 heteroatoms. The molecule has 4 aromatic rings. The SMILES string of the molecule is O=C(NCc1nnc2sc(-c3ccccc3)nn12)c1ccccc1O. The first kappa shape index (κ1) is 15.3. The minimum atomic E-state index is -0.381. The predicted octanol–water partition coefficient (Wildman–Crippen LogP) is 2.49. The molecule has 4 rings (SSSR count). The van der Waals surface area contributed by atoms with Gasteiger partial charge in [0.25, 0.3) is 5.91 Å². The molecule has 0 spiro atoms. The van der Waals surface area contributed by atoms with Crippen LogP contribution >= 0.6 is 11.3 Å². The summed E-state index contributed by atoms with van der Waals surface area (Å²) >= 11 is 1.43. The highest BCUT2D eigenvalue weighted by Gasteiger charge is 2.15. The number of nitrogens with zero attached hydrogens (tertiary/aromatic N) is 4. The van der Waals surface area contributed by atoms with Gasteiger partial charge < -0.3 is 10.4 Å². The maximum Gasteiger partial charge on any atom is 0.255 e. The highest BCUT2D eigenvalue weighted by Crippen LogP contribution is 2.25. The summed E-state index contributed by atoms with van der Waals surface area (Å²) in [6.07, 6.45) is 0. The van der Waals surface area contributed by atoms with Crippen molar-refractivity contribution in [1.82, 2.24) is 25.1 Å². The Hall–Kier alpha value is -3.26. The third-order valence-electron chi connectivity index (χ3n) is 3.63. The highest BCUT2D eigenvalue weighted by atomic mass is 32.1. The van der Waals surface area contributed by atoms with Crippen LogP contribution in [0.15, 0.2) is 54.6 Å². The molecular formula is C17H13N5O2S. The molecule has 0 atom stereocenters. The summed E-state index contributed by atoms with van der Waals surface area (Å²) in [6, 6.07) is 16.2. The van der Waals surface area contributed by atoms with Crippen molar-refractivity contribution in [3.8, 4) is 16.3 Å². The van der Waals surface area contributed by atoms with Gasteiger partial charge in [0.15, 0.2) is 5.82 Å². The smallest absolute Gasteiger partial charge is 0.255 e. The maximum absolute atomic E-state index is 12.2. The van der Waals surface area contributed by atoms with Gasteiger partial charge in [0, 0.05) is 5.56 Å². The molecule has 0 unspecified atom stereocenters. The van der Waals surface area contributed by atoms with Crippen LogP contribution in [0.3, 0.4) is 0 Å². The average Bonchev–Trinajstić information content (AvgIpc) is 3.22. The second kappa shape index (κ2) is 6.33. The number of nitrogens with one attached hydrogen (secondary N) is 1. The molecular weight excluding hydrogens is 338 g/mol. The van der Waals surface area contributed by atoms with Gasteiger partial charge in [-0.2, -0.15) is 9.61 Å². The summed E-state index contributed by atoms with van der Waals surface area (Å²) in [5.41, 5.74) is 1.22. The molecule has 0 fully saturated rings. The maximum atomic E-state index is 12.2. The zero-order valence-corrected chi connectivity index (χ0v) is 13.8. The number of aromatic hydroxyl groups is 1. The van der Waals surface area contributed by atoms with E-state index in [0.29, 0.717) is 10.8 Å². The Morgan fingerprint density at radius 3 is 2.64 bits per heavy atom. The fourth-order valence-corrected chi connectivity index (χ4v) is 3.25. The quantitative estimate of drug-likeness (QED) is 0.589. The van der Waals surface area contributed by atoms with Crippen LogP contribution in [0.2, 0.25) is 0 Å². The molecule has 124 valence electrons. The Kier molecular flexibility index (Phi) is 3.87. The topological polar surface area (TPSA) is 92.4 Å². The van der Waals surface area contributed by atoms with E-state index in [1.807, 2.05) is 30.3 Å². The van der Waals surface area contributed by atoms with Crippen molar-refractivity contribution < 1.29 is 9.90 Å². The van der Waals surface area contributed by atoms with Crippen LogP contribution in [0.4, 0.5) is 0 Å². The standard InChI is InChI=1S/C17H13N5O2S/c23-13-9-5-4-8-12(13)15(24)18-10-14-19-20-17-22(14)21-16(25-17)11-6-2-1-3-7-11/h1-9,23H,10H2,(H,18,24). The number of benzene rings is 2. The molecule has 0 saturated heterocycles. The number of carbonyl (C=O) groups is 1. The van der Waals surface area contributed by atoms with Crippen molar-refractivity contribution in [1.29, 1.82) is 0 Å². The van der Waals surface area contributed by atoms with Crippen molar-refractivity contribution in [2.45, 2.75) is 6.54 Å². The Labute approximate surface area is 146 Å². The average molecular weight is 351 g/mol. The number of rotatable bonds is 4. The van der Waals surface area contributed by atoms with E-state index in [-0.39, 0.29) is 23.8 Å². The molecule has 25 heavy (non-hydrogen) atoms. The molecule has 1 amide bonds. The lowest BCUT2D eigenvalue weighted by atomic mass is 10.2. The van der Waals surface area contributed by atoms with Gasteiger partial charge in [-0.3, -0.25) is 4.79 Å². The van der Waals surface area contributed by atoms with Crippen molar-refractivity contribution in [3.63, 3.8) is 0 Å².